The molecule has 0 spiro atoms. The number of amides is 2. The number of carbonyl (C=O) groups is 2. The maximum Gasteiger partial charge on any atom is 0.264 e. The largest absolute Gasteiger partial charge is 0.352 e. The Morgan fingerprint density at radius 3 is 2.20 bits per heavy atom. The van der Waals surface area contributed by atoms with Crippen molar-refractivity contribution in [2.24, 2.45) is 0 Å². The molecule has 0 saturated heterocycles. The molecule has 0 heterocycles. The van der Waals surface area contributed by atoms with E-state index in [0.717, 1.165) is 41.1 Å². The minimum atomic E-state index is -4.15. The number of hydrogen-bond donors (Lipinski definition) is 1. The number of hydrogen-bond acceptors (Lipinski definition) is 4. The highest BCUT2D eigenvalue weighted by atomic mass is 35.5. The highest BCUT2D eigenvalue weighted by molar-refractivity contribution is 7.92. The molecule has 0 aliphatic heterocycles. The average molecular weight is 582 g/mol. The lowest BCUT2D eigenvalue weighted by Crippen LogP contribution is -2.53. The Bertz CT molecular complexity index is 1410. The summed E-state index contributed by atoms with van der Waals surface area (Å²) in [7, 11) is -4.15. The van der Waals surface area contributed by atoms with E-state index >= 15 is 0 Å². The first kappa shape index (κ1) is 29.6. The third-order valence-electron chi connectivity index (χ3n) is 7.29. The number of rotatable bonds is 11. The molecule has 4 rings (SSSR count). The Balaban J connectivity index is 1.71. The number of nitrogens with one attached hydrogen (secondary N) is 1. The van der Waals surface area contributed by atoms with Crippen molar-refractivity contribution >= 4 is 39.1 Å². The molecule has 3 aromatic carbocycles. The molecule has 1 unspecified atom stereocenters. The number of anilines is 1. The fourth-order valence-corrected chi connectivity index (χ4v) is 6.81. The Morgan fingerprint density at radius 2 is 1.57 bits per heavy atom. The van der Waals surface area contributed by atoms with E-state index in [2.05, 4.69) is 5.32 Å². The van der Waals surface area contributed by atoms with Gasteiger partial charge in [0, 0.05) is 12.6 Å². The zero-order chi connectivity index (χ0) is 28.7. The van der Waals surface area contributed by atoms with E-state index in [1.54, 1.807) is 42.5 Å². The summed E-state index contributed by atoms with van der Waals surface area (Å²) in [5.74, 6) is -0.710. The highest BCUT2D eigenvalue weighted by Crippen LogP contribution is 2.31. The van der Waals surface area contributed by atoms with Crippen molar-refractivity contribution in [3.8, 4) is 0 Å². The molecule has 0 aromatic heterocycles. The Labute approximate surface area is 242 Å². The number of sulfonamides is 1. The van der Waals surface area contributed by atoms with Gasteiger partial charge in [0.15, 0.2) is 0 Å². The van der Waals surface area contributed by atoms with Crippen molar-refractivity contribution in [3.05, 3.63) is 95.0 Å². The van der Waals surface area contributed by atoms with E-state index < -0.39 is 28.5 Å². The fraction of sp³-hybridized carbons (Fsp3) is 0.355. The van der Waals surface area contributed by atoms with Crippen LogP contribution >= 0.6 is 11.6 Å². The maximum absolute atomic E-state index is 14.1. The van der Waals surface area contributed by atoms with E-state index in [4.69, 9.17) is 11.6 Å². The molecule has 1 saturated carbocycles. The SMILES string of the molecule is CCC(C(=O)NC1CCCC1)N(Cc1ccc(C)cc1)C(=O)CN(c1ccccc1Cl)S(=O)(=O)c1ccccc1. The lowest BCUT2D eigenvalue weighted by Gasteiger charge is -2.34. The molecule has 1 aliphatic carbocycles. The normalized spacial score (nSPS) is 14.5. The second-order valence-electron chi connectivity index (χ2n) is 10.2. The van der Waals surface area contributed by atoms with Gasteiger partial charge in [0.25, 0.3) is 10.0 Å². The fourth-order valence-electron chi connectivity index (χ4n) is 5.06. The van der Waals surface area contributed by atoms with Crippen LogP contribution in [0.15, 0.2) is 83.8 Å². The van der Waals surface area contributed by atoms with Gasteiger partial charge in [-0.15, -0.1) is 0 Å². The van der Waals surface area contributed by atoms with Gasteiger partial charge in [-0.3, -0.25) is 13.9 Å². The first-order chi connectivity index (χ1) is 19.2. The van der Waals surface area contributed by atoms with E-state index in [0.29, 0.717) is 6.42 Å². The van der Waals surface area contributed by atoms with Crippen LogP contribution in [-0.2, 0) is 26.2 Å². The first-order valence-electron chi connectivity index (χ1n) is 13.7. The standard InChI is InChI=1S/C31H36ClN3O4S/c1-3-28(31(37)33-25-11-7-8-12-25)34(21-24-19-17-23(2)18-20-24)30(36)22-35(29-16-10-9-15-27(29)32)40(38,39)26-13-5-4-6-14-26/h4-6,9-10,13-20,25,28H,3,7-8,11-12,21-22H2,1-2H3,(H,33,37). The molecule has 3 aromatic rings. The van der Waals surface area contributed by atoms with Crippen LogP contribution in [0.2, 0.25) is 5.02 Å². The quantitative estimate of drug-likeness (QED) is 0.314. The predicted octanol–water partition coefficient (Wildman–Crippen LogP) is 5.71. The number of benzene rings is 3. The van der Waals surface area contributed by atoms with Crippen molar-refractivity contribution in [2.45, 2.75) is 69.5 Å². The lowest BCUT2D eigenvalue weighted by molar-refractivity contribution is -0.140. The highest BCUT2D eigenvalue weighted by Gasteiger charge is 2.35. The minimum absolute atomic E-state index is 0.0406. The molecule has 1 aliphatic rings. The number of para-hydroxylation sites is 1. The van der Waals surface area contributed by atoms with E-state index in [9.17, 15) is 18.0 Å². The van der Waals surface area contributed by atoms with Crippen LogP contribution in [0.3, 0.4) is 0 Å². The van der Waals surface area contributed by atoms with Crippen molar-refractivity contribution in [1.82, 2.24) is 10.2 Å². The molecule has 1 atom stereocenters. The molecule has 0 radical (unpaired) electrons. The molecular formula is C31H36ClN3O4S. The Kier molecular flexibility index (Phi) is 9.87. The molecule has 7 nitrogen and oxygen atoms in total. The van der Waals surface area contributed by atoms with Gasteiger partial charge in [-0.25, -0.2) is 8.42 Å². The van der Waals surface area contributed by atoms with Gasteiger partial charge in [0.2, 0.25) is 11.8 Å². The van der Waals surface area contributed by atoms with E-state index in [1.165, 1.54) is 17.0 Å². The van der Waals surface area contributed by atoms with Gasteiger partial charge >= 0.3 is 0 Å². The molecule has 0 bridgehead atoms. The van der Waals surface area contributed by atoms with Gasteiger partial charge in [0.1, 0.15) is 12.6 Å². The third kappa shape index (κ3) is 7.04. The molecule has 212 valence electrons. The Morgan fingerprint density at radius 1 is 0.950 bits per heavy atom. The lowest BCUT2D eigenvalue weighted by atomic mass is 10.1. The summed E-state index contributed by atoms with van der Waals surface area (Å²) in [6.07, 6.45) is 4.36. The smallest absolute Gasteiger partial charge is 0.264 e. The van der Waals surface area contributed by atoms with Crippen LogP contribution in [0.1, 0.15) is 50.2 Å². The molecule has 40 heavy (non-hydrogen) atoms. The van der Waals surface area contributed by atoms with Crippen LogP contribution in [-0.4, -0.2) is 43.8 Å². The van der Waals surface area contributed by atoms with Crippen molar-refractivity contribution in [2.75, 3.05) is 10.8 Å². The van der Waals surface area contributed by atoms with Crippen molar-refractivity contribution in [1.29, 1.82) is 0 Å². The summed E-state index contributed by atoms with van der Waals surface area (Å²) in [6, 6.07) is 21.6. The van der Waals surface area contributed by atoms with Crippen LogP contribution in [0.5, 0.6) is 0 Å². The van der Waals surface area contributed by atoms with E-state index in [-0.39, 0.29) is 34.1 Å². The molecular weight excluding hydrogens is 546 g/mol. The molecule has 9 heteroatoms. The van der Waals surface area contributed by atoms with Gasteiger partial charge in [-0.1, -0.05) is 91.5 Å². The van der Waals surface area contributed by atoms with Gasteiger partial charge in [0.05, 0.1) is 15.6 Å². The van der Waals surface area contributed by atoms with Gasteiger partial charge in [-0.05, 0) is 56.0 Å². The number of carbonyl (C=O) groups excluding carboxylic acids is 2. The second-order valence-corrected chi connectivity index (χ2v) is 12.5. The number of halogens is 1. The third-order valence-corrected chi connectivity index (χ3v) is 9.39. The maximum atomic E-state index is 14.1. The summed E-state index contributed by atoms with van der Waals surface area (Å²) >= 11 is 6.46. The number of nitrogens with zero attached hydrogens (tertiary/aromatic N) is 2. The van der Waals surface area contributed by atoms with Crippen LogP contribution in [0.25, 0.3) is 0 Å². The topological polar surface area (TPSA) is 86.8 Å². The summed E-state index contributed by atoms with van der Waals surface area (Å²) in [5.41, 5.74) is 2.12. The van der Waals surface area contributed by atoms with Crippen LogP contribution in [0, 0.1) is 6.92 Å². The predicted molar refractivity (Wildman–Crippen MR) is 159 cm³/mol. The molecule has 1 N–H and O–H groups in total. The summed E-state index contributed by atoms with van der Waals surface area (Å²) < 4.78 is 28.8. The minimum Gasteiger partial charge on any atom is -0.352 e. The molecule has 2 amide bonds. The zero-order valence-electron chi connectivity index (χ0n) is 22.9. The van der Waals surface area contributed by atoms with Crippen molar-refractivity contribution in [3.63, 3.8) is 0 Å². The first-order valence-corrected chi connectivity index (χ1v) is 15.5. The Hall–Kier alpha value is -3.36. The number of aryl methyl sites for hydroxylation is 1. The summed E-state index contributed by atoms with van der Waals surface area (Å²) in [4.78, 5) is 29.2. The van der Waals surface area contributed by atoms with Crippen LogP contribution < -0.4 is 9.62 Å². The van der Waals surface area contributed by atoms with Gasteiger partial charge in [-0.2, -0.15) is 0 Å². The van der Waals surface area contributed by atoms with Crippen LogP contribution in [0.4, 0.5) is 5.69 Å². The monoisotopic (exact) mass is 581 g/mol. The summed E-state index contributed by atoms with van der Waals surface area (Å²) in [5, 5.41) is 3.32. The molecule has 1 fully saturated rings. The summed E-state index contributed by atoms with van der Waals surface area (Å²) in [6.45, 7) is 3.49. The van der Waals surface area contributed by atoms with E-state index in [1.807, 2.05) is 38.1 Å². The van der Waals surface area contributed by atoms with Crippen molar-refractivity contribution < 1.29 is 18.0 Å². The zero-order valence-corrected chi connectivity index (χ0v) is 24.5. The average Bonchev–Trinajstić information content (AvgIpc) is 3.46. The van der Waals surface area contributed by atoms with Gasteiger partial charge < -0.3 is 10.2 Å². The second kappa shape index (κ2) is 13.3.